The molecule has 2 saturated heterocycles. The Bertz CT molecular complexity index is 497. The molecule has 0 bridgehead atoms. The Kier molecular flexibility index (Phi) is 5.47. The molecule has 0 aliphatic carbocycles. The first-order valence-corrected chi connectivity index (χ1v) is 9.48. The molecule has 1 aromatic rings. The van der Waals surface area contributed by atoms with Gasteiger partial charge in [0.25, 0.3) is 0 Å². The zero-order chi connectivity index (χ0) is 15.4. The second-order valence-corrected chi connectivity index (χ2v) is 7.27. The minimum Gasteiger partial charge on any atom is -0.378 e. The van der Waals surface area contributed by atoms with E-state index in [1.54, 1.807) is 11.3 Å². The van der Waals surface area contributed by atoms with Crippen molar-refractivity contribution >= 4 is 17.2 Å². The molecule has 0 aromatic carbocycles. The monoisotopic (exact) mass is 322 g/mol. The standard InChI is InChI=1S/C17H26N2O2S/c1-2-14-12-22-17(18-14)13-5-3-9-19(11-13)16(20)8-7-15-6-4-10-21-15/h12-13,15H,2-11H2,1H3/t13-,15-/m0/s1. The van der Waals surface area contributed by atoms with Crippen LogP contribution in [0.25, 0.3) is 0 Å². The first-order valence-electron chi connectivity index (χ1n) is 8.60. The van der Waals surface area contributed by atoms with Crippen molar-refractivity contribution in [3.8, 4) is 0 Å². The fourth-order valence-corrected chi connectivity index (χ4v) is 4.42. The number of piperidine rings is 1. The van der Waals surface area contributed by atoms with Crippen molar-refractivity contribution in [3.63, 3.8) is 0 Å². The molecule has 0 N–H and O–H groups in total. The summed E-state index contributed by atoms with van der Waals surface area (Å²) in [5.41, 5.74) is 1.18. The van der Waals surface area contributed by atoms with E-state index in [-0.39, 0.29) is 0 Å². The molecule has 0 unspecified atom stereocenters. The number of rotatable bonds is 5. The molecule has 3 rings (SSSR count). The van der Waals surface area contributed by atoms with E-state index in [4.69, 9.17) is 9.72 Å². The van der Waals surface area contributed by atoms with Crippen LogP contribution in [0.3, 0.4) is 0 Å². The summed E-state index contributed by atoms with van der Waals surface area (Å²) in [7, 11) is 0. The third kappa shape index (κ3) is 3.87. The van der Waals surface area contributed by atoms with Crippen LogP contribution in [-0.2, 0) is 16.0 Å². The first kappa shape index (κ1) is 15.9. The highest BCUT2D eigenvalue weighted by Crippen LogP contribution is 2.30. The van der Waals surface area contributed by atoms with Gasteiger partial charge in [0, 0.05) is 37.4 Å². The average molecular weight is 322 g/mol. The van der Waals surface area contributed by atoms with Crippen molar-refractivity contribution < 1.29 is 9.53 Å². The highest BCUT2D eigenvalue weighted by atomic mass is 32.1. The molecule has 5 heteroatoms. The average Bonchev–Trinajstić information content (AvgIpc) is 3.24. The van der Waals surface area contributed by atoms with Crippen molar-refractivity contribution in [2.24, 2.45) is 0 Å². The lowest BCUT2D eigenvalue weighted by Crippen LogP contribution is -2.39. The largest absolute Gasteiger partial charge is 0.378 e. The van der Waals surface area contributed by atoms with Crippen LogP contribution in [-0.4, -0.2) is 41.6 Å². The van der Waals surface area contributed by atoms with E-state index in [1.165, 1.54) is 10.7 Å². The van der Waals surface area contributed by atoms with Gasteiger partial charge in [0.15, 0.2) is 0 Å². The Hall–Kier alpha value is -0.940. The number of likely N-dealkylation sites (tertiary alicyclic amines) is 1. The van der Waals surface area contributed by atoms with Gasteiger partial charge in [-0.2, -0.15) is 0 Å². The van der Waals surface area contributed by atoms with Crippen LogP contribution in [0.4, 0.5) is 0 Å². The van der Waals surface area contributed by atoms with Gasteiger partial charge in [-0.05, 0) is 38.5 Å². The van der Waals surface area contributed by atoms with Gasteiger partial charge in [-0.1, -0.05) is 6.92 Å². The molecule has 3 heterocycles. The maximum absolute atomic E-state index is 12.4. The van der Waals surface area contributed by atoms with Crippen LogP contribution in [0.15, 0.2) is 5.38 Å². The highest BCUT2D eigenvalue weighted by molar-refractivity contribution is 7.09. The van der Waals surface area contributed by atoms with Crippen LogP contribution < -0.4 is 0 Å². The predicted octanol–water partition coefficient (Wildman–Crippen LogP) is 3.37. The predicted molar refractivity (Wildman–Crippen MR) is 88.3 cm³/mol. The molecule has 2 aliphatic heterocycles. The lowest BCUT2D eigenvalue weighted by Gasteiger charge is -2.32. The number of carbonyl (C=O) groups is 1. The fraction of sp³-hybridized carbons (Fsp3) is 0.765. The Morgan fingerprint density at radius 3 is 3.09 bits per heavy atom. The van der Waals surface area contributed by atoms with Crippen molar-refractivity contribution in [3.05, 3.63) is 16.1 Å². The maximum Gasteiger partial charge on any atom is 0.222 e. The van der Waals surface area contributed by atoms with E-state index < -0.39 is 0 Å². The smallest absolute Gasteiger partial charge is 0.222 e. The van der Waals surface area contributed by atoms with Crippen LogP contribution in [0.2, 0.25) is 0 Å². The number of carbonyl (C=O) groups excluding carboxylic acids is 1. The zero-order valence-electron chi connectivity index (χ0n) is 13.4. The van der Waals surface area contributed by atoms with Crippen LogP contribution in [0.1, 0.15) is 62.1 Å². The summed E-state index contributed by atoms with van der Waals surface area (Å²) in [5.74, 6) is 0.734. The second kappa shape index (κ2) is 7.55. The Morgan fingerprint density at radius 1 is 1.45 bits per heavy atom. The highest BCUT2D eigenvalue weighted by Gasteiger charge is 2.27. The van der Waals surface area contributed by atoms with Crippen molar-refractivity contribution in [2.45, 2.75) is 63.9 Å². The Labute approximate surface area is 136 Å². The summed E-state index contributed by atoms with van der Waals surface area (Å²) in [6.45, 7) is 4.77. The number of ether oxygens (including phenoxy) is 1. The molecule has 1 amide bonds. The van der Waals surface area contributed by atoms with Gasteiger partial charge in [-0.15, -0.1) is 11.3 Å². The summed E-state index contributed by atoms with van der Waals surface area (Å²) in [4.78, 5) is 19.2. The van der Waals surface area contributed by atoms with Gasteiger partial charge in [-0.25, -0.2) is 4.98 Å². The summed E-state index contributed by atoms with van der Waals surface area (Å²) >= 11 is 1.76. The molecule has 0 spiro atoms. The van der Waals surface area contributed by atoms with Crippen molar-refractivity contribution in [1.29, 1.82) is 0 Å². The third-order valence-electron chi connectivity index (χ3n) is 4.76. The summed E-state index contributed by atoms with van der Waals surface area (Å²) in [6, 6.07) is 0. The number of aryl methyl sites for hydroxylation is 1. The molecule has 22 heavy (non-hydrogen) atoms. The molecule has 4 nitrogen and oxygen atoms in total. The quantitative estimate of drug-likeness (QED) is 0.834. The number of thiazole rings is 1. The van der Waals surface area contributed by atoms with E-state index in [1.807, 2.05) is 0 Å². The summed E-state index contributed by atoms with van der Waals surface area (Å²) < 4.78 is 5.62. The second-order valence-electron chi connectivity index (χ2n) is 6.38. The molecule has 1 aromatic heterocycles. The lowest BCUT2D eigenvalue weighted by atomic mass is 9.98. The van der Waals surface area contributed by atoms with Crippen LogP contribution >= 0.6 is 11.3 Å². The van der Waals surface area contributed by atoms with E-state index in [9.17, 15) is 4.79 Å². The molecule has 2 aliphatic rings. The molecule has 2 fully saturated rings. The van der Waals surface area contributed by atoms with E-state index in [2.05, 4.69) is 17.2 Å². The normalized spacial score (nSPS) is 25.6. The van der Waals surface area contributed by atoms with Crippen LogP contribution in [0, 0.1) is 0 Å². The molecule has 0 saturated carbocycles. The number of hydrogen-bond acceptors (Lipinski definition) is 4. The maximum atomic E-state index is 12.4. The van der Waals surface area contributed by atoms with Gasteiger partial charge >= 0.3 is 0 Å². The van der Waals surface area contributed by atoms with Gasteiger partial charge in [0.1, 0.15) is 0 Å². The third-order valence-corrected chi connectivity index (χ3v) is 5.82. The minimum atomic E-state index is 0.299. The topological polar surface area (TPSA) is 42.4 Å². The lowest BCUT2D eigenvalue weighted by molar-refractivity contribution is -0.133. The minimum absolute atomic E-state index is 0.299. The first-order chi connectivity index (χ1) is 10.8. The summed E-state index contributed by atoms with van der Waals surface area (Å²) in [6.07, 6.45) is 7.35. The molecular formula is C17H26N2O2S. The molecule has 2 atom stereocenters. The fourth-order valence-electron chi connectivity index (χ4n) is 3.39. The number of amides is 1. The summed E-state index contributed by atoms with van der Waals surface area (Å²) in [5, 5.41) is 3.38. The van der Waals surface area contributed by atoms with Crippen LogP contribution in [0.5, 0.6) is 0 Å². The van der Waals surface area contributed by atoms with Gasteiger partial charge in [-0.3, -0.25) is 4.79 Å². The Morgan fingerprint density at radius 2 is 2.36 bits per heavy atom. The van der Waals surface area contributed by atoms with Gasteiger partial charge < -0.3 is 9.64 Å². The van der Waals surface area contributed by atoms with Gasteiger partial charge in [0.2, 0.25) is 5.91 Å². The van der Waals surface area contributed by atoms with E-state index in [0.717, 1.165) is 58.2 Å². The number of nitrogens with zero attached hydrogens (tertiary/aromatic N) is 2. The van der Waals surface area contributed by atoms with Crippen molar-refractivity contribution in [2.75, 3.05) is 19.7 Å². The van der Waals surface area contributed by atoms with Crippen molar-refractivity contribution in [1.82, 2.24) is 9.88 Å². The van der Waals surface area contributed by atoms with E-state index >= 15 is 0 Å². The SMILES string of the molecule is CCc1csc([C@H]2CCCN(C(=O)CC[C@@H]3CCCO3)C2)n1. The Balaban J connectivity index is 1.51. The molecule has 0 radical (unpaired) electrons. The molecular weight excluding hydrogens is 296 g/mol. The van der Waals surface area contributed by atoms with Gasteiger partial charge in [0.05, 0.1) is 16.8 Å². The zero-order valence-corrected chi connectivity index (χ0v) is 14.2. The molecule has 122 valence electrons. The number of hydrogen-bond donors (Lipinski definition) is 0. The number of aromatic nitrogens is 1. The van der Waals surface area contributed by atoms with E-state index in [0.29, 0.717) is 24.3 Å².